The normalized spacial score (nSPS) is 45.8. The maximum atomic E-state index is 10.8. The van der Waals surface area contributed by atoms with Gasteiger partial charge in [0.25, 0.3) is 0 Å². The number of aliphatic hydroxyl groups is 1. The highest BCUT2D eigenvalue weighted by atomic mass is 16.5. The highest BCUT2D eigenvalue weighted by Gasteiger charge is 2.65. The number of ether oxygens (including phenoxy) is 1. The van der Waals surface area contributed by atoms with Crippen LogP contribution in [0, 0.1) is 45.3 Å². The smallest absolute Gasteiger partial charge is 0.0802 e. The molecule has 4 rings (SSSR count). The second-order valence-corrected chi connectivity index (χ2v) is 14.2. The molecule has 2 heteroatoms. The minimum Gasteiger partial charge on any atom is -0.393 e. The molecule has 8 atom stereocenters. The molecular weight excluding hydrogens is 404 g/mol. The summed E-state index contributed by atoms with van der Waals surface area (Å²) in [5.74, 6) is 2.79. The van der Waals surface area contributed by atoms with Gasteiger partial charge in [-0.15, -0.1) is 0 Å². The first kappa shape index (κ1) is 25.5. The van der Waals surface area contributed by atoms with Crippen LogP contribution in [0.2, 0.25) is 0 Å². The third kappa shape index (κ3) is 3.72. The van der Waals surface area contributed by atoms with Crippen molar-refractivity contribution in [1.82, 2.24) is 0 Å². The Bertz CT molecular complexity index is 806. The van der Waals surface area contributed by atoms with Gasteiger partial charge in [-0.3, -0.25) is 0 Å². The van der Waals surface area contributed by atoms with Crippen LogP contribution in [0.3, 0.4) is 0 Å². The lowest BCUT2D eigenvalue weighted by Gasteiger charge is -2.64. The van der Waals surface area contributed by atoms with E-state index >= 15 is 0 Å². The zero-order chi connectivity index (χ0) is 24.4. The van der Waals surface area contributed by atoms with Crippen LogP contribution in [-0.4, -0.2) is 23.9 Å². The molecule has 0 aromatic heterocycles. The maximum absolute atomic E-state index is 10.8. The van der Waals surface area contributed by atoms with E-state index in [1.807, 2.05) is 5.57 Å². The van der Waals surface area contributed by atoms with Crippen molar-refractivity contribution in [1.29, 1.82) is 0 Å². The van der Waals surface area contributed by atoms with Crippen molar-refractivity contribution >= 4 is 0 Å². The summed E-state index contributed by atoms with van der Waals surface area (Å²) < 4.78 is 5.59. The lowest BCUT2D eigenvalue weighted by atomic mass is 9.41. The second-order valence-electron chi connectivity index (χ2n) is 14.2. The van der Waals surface area contributed by atoms with E-state index in [-0.39, 0.29) is 17.1 Å². The summed E-state index contributed by atoms with van der Waals surface area (Å²) >= 11 is 0. The van der Waals surface area contributed by atoms with Crippen LogP contribution >= 0.6 is 0 Å². The first-order valence-electron chi connectivity index (χ1n) is 13.8. The van der Waals surface area contributed by atoms with Crippen LogP contribution in [-0.2, 0) is 4.74 Å². The minimum atomic E-state index is -0.174. The van der Waals surface area contributed by atoms with E-state index in [2.05, 4.69) is 73.6 Å². The Balaban J connectivity index is 1.59. The Morgan fingerprint density at radius 2 is 1.79 bits per heavy atom. The number of rotatable bonds is 5. The molecule has 0 aromatic rings. The zero-order valence-corrected chi connectivity index (χ0v) is 23.1. The Labute approximate surface area is 204 Å². The van der Waals surface area contributed by atoms with E-state index in [0.717, 1.165) is 25.2 Å². The molecule has 3 fully saturated rings. The average Bonchev–Trinajstić information content (AvgIpc) is 3.02. The molecule has 0 saturated heterocycles. The Hall–Kier alpha value is -0.600. The molecule has 0 radical (unpaired) electrons. The molecular formula is C31H52O2. The molecule has 0 aliphatic heterocycles. The molecule has 4 aliphatic carbocycles. The van der Waals surface area contributed by atoms with Gasteiger partial charge in [-0.25, -0.2) is 0 Å². The molecule has 0 amide bonds. The molecule has 0 aromatic carbocycles. The van der Waals surface area contributed by atoms with Gasteiger partial charge >= 0.3 is 0 Å². The van der Waals surface area contributed by atoms with E-state index in [1.54, 1.807) is 7.11 Å². The fraction of sp³-hybridized carbons (Fsp3) is 0.871. The van der Waals surface area contributed by atoms with Crippen LogP contribution in [0.4, 0.5) is 0 Å². The van der Waals surface area contributed by atoms with Gasteiger partial charge < -0.3 is 9.84 Å². The van der Waals surface area contributed by atoms with Crippen molar-refractivity contribution in [3.05, 3.63) is 23.8 Å². The molecule has 0 spiro atoms. The molecule has 3 saturated carbocycles. The topological polar surface area (TPSA) is 29.5 Å². The highest BCUT2D eigenvalue weighted by molar-refractivity contribution is 5.33. The van der Waals surface area contributed by atoms with E-state index in [0.29, 0.717) is 34.0 Å². The van der Waals surface area contributed by atoms with Crippen molar-refractivity contribution in [2.24, 2.45) is 45.3 Å². The van der Waals surface area contributed by atoms with Crippen molar-refractivity contribution in [3.63, 3.8) is 0 Å². The summed E-state index contributed by atoms with van der Waals surface area (Å²) in [6.45, 7) is 19.3. The van der Waals surface area contributed by atoms with Gasteiger partial charge in [-0.1, -0.05) is 65.3 Å². The van der Waals surface area contributed by atoms with Crippen molar-refractivity contribution < 1.29 is 9.84 Å². The summed E-state index contributed by atoms with van der Waals surface area (Å²) in [6.07, 6.45) is 17.0. The number of allylic oxidation sites excluding steroid dienone is 3. The van der Waals surface area contributed by atoms with Gasteiger partial charge in [0.1, 0.15) is 0 Å². The predicted octanol–water partition coefficient (Wildman–Crippen LogP) is 7.96. The van der Waals surface area contributed by atoms with E-state index in [9.17, 15) is 5.11 Å². The quantitative estimate of drug-likeness (QED) is 0.425. The van der Waals surface area contributed by atoms with Gasteiger partial charge in [0, 0.05) is 7.11 Å². The Morgan fingerprint density at radius 1 is 1.09 bits per heavy atom. The highest BCUT2D eigenvalue weighted by Crippen LogP contribution is 2.73. The van der Waals surface area contributed by atoms with E-state index < -0.39 is 0 Å². The lowest BCUT2D eigenvalue weighted by molar-refractivity contribution is -0.131. The number of hydrogen-bond donors (Lipinski definition) is 1. The summed E-state index contributed by atoms with van der Waals surface area (Å²) in [7, 11) is 1.80. The van der Waals surface area contributed by atoms with Gasteiger partial charge in [-0.2, -0.15) is 0 Å². The number of aliphatic hydroxyl groups excluding tert-OH is 1. The summed E-state index contributed by atoms with van der Waals surface area (Å²) in [4.78, 5) is 0. The fourth-order valence-electron chi connectivity index (χ4n) is 9.45. The van der Waals surface area contributed by atoms with E-state index in [4.69, 9.17) is 4.74 Å². The molecule has 0 heterocycles. The van der Waals surface area contributed by atoms with Crippen LogP contribution in [0.25, 0.3) is 0 Å². The summed E-state index contributed by atoms with van der Waals surface area (Å²) in [6, 6.07) is 0. The summed E-state index contributed by atoms with van der Waals surface area (Å²) in [5, 5.41) is 10.8. The number of hydrogen-bond acceptors (Lipinski definition) is 2. The zero-order valence-electron chi connectivity index (χ0n) is 23.1. The van der Waals surface area contributed by atoms with Crippen molar-refractivity contribution in [2.75, 3.05) is 7.11 Å². The van der Waals surface area contributed by atoms with Crippen molar-refractivity contribution in [3.8, 4) is 0 Å². The van der Waals surface area contributed by atoms with Crippen LogP contribution in [0.15, 0.2) is 23.8 Å². The van der Waals surface area contributed by atoms with Crippen LogP contribution in [0.5, 0.6) is 0 Å². The first-order valence-corrected chi connectivity index (χ1v) is 13.8. The predicted molar refractivity (Wildman–Crippen MR) is 139 cm³/mol. The number of methoxy groups -OCH3 is 1. The number of fused-ring (bicyclic) bond motifs is 5. The average molecular weight is 457 g/mol. The molecule has 2 nitrogen and oxygen atoms in total. The second kappa shape index (κ2) is 8.22. The van der Waals surface area contributed by atoms with Gasteiger partial charge in [0.15, 0.2) is 0 Å². The van der Waals surface area contributed by atoms with Gasteiger partial charge in [0.2, 0.25) is 0 Å². The monoisotopic (exact) mass is 456 g/mol. The SMILES string of the molecule is COC(C)(C)/C=C/C[C@H](C)[C@@H]1CC[C@]2(C)C3=CCC4C(C)(C)[C@@H](O)CC[C@]4(C)[C@H]3CC[C@@]12C. The fourth-order valence-corrected chi connectivity index (χ4v) is 9.45. The lowest BCUT2D eigenvalue weighted by Crippen LogP contribution is -2.58. The summed E-state index contributed by atoms with van der Waals surface area (Å²) in [5.41, 5.74) is 2.73. The first-order chi connectivity index (χ1) is 15.2. The Kier molecular flexibility index (Phi) is 6.35. The third-order valence-corrected chi connectivity index (χ3v) is 12.1. The van der Waals surface area contributed by atoms with Gasteiger partial charge in [-0.05, 0) is 111 Å². The molecule has 4 aliphatic rings. The van der Waals surface area contributed by atoms with Gasteiger partial charge in [0.05, 0.1) is 11.7 Å². The molecule has 33 heavy (non-hydrogen) atoms. The Morgan fingerprint density at radius 3 is 2.45 bits per heavy atom. The van der Waals surface area contributed by atoms with Crippen LogP contribution < -0.4 is 0 Å². The molecule has 188 valence electrons. The standard InChI is InChI=1S/C31H52O2/c1-21(11-10-17-27(2,3)33-9)22-14-19-31(8)24-12-13-25-28(4,5)26(32)16-18-29(25,6)23(24)15-20-30(22,31)7/h10,12,17,21-23,25-26,32H,11,13-16,18-20H2,1-9H3/b17-10+/t21-,22-,23-,25?,26-,29+,30-,31+/m0/s1. The molecule has 1 unspecified atom stereocenters. The molecule has 1 N–H and O–H groups in total. The maximum Gasteiger partial charge on any atom is 0.0802 e. The van der Waals surface area contributed by atoms with Crippen LogP contribution in [0.1, 0.15) is 107 Å². The van der Waals surface area contributed by atoms with E-state index in [1.165, 1.54) is 32.1 Å². The van der Waals surface area contributed by atoms with Crippen molar-refractivity contribution in [2.45, 2.75) is 118 Å². The minimum absolute atomic E-state index is 0.0196. The third-order valence-electron chi connectivity index (χ3n) is 12.1. The largest absolute Gasteiger partial charge is 0.393 e. The molecule has 0 bridgehead atoms.